The van der Waals surface area contributed by atoms with E-state index in [0.29, 0.717) is 6.54 Å². The monoisotopic (exact) mass is 235 g/mol. The predicted molar refractivity (Wildman–Crippen MR) is 63.4 cm³/mol. The lowest BCUT2D eigenvalue weighted by Gasteiger charge is -2.31. The van der Waals surface area contributed by atoms with Crippen molar-refractivity contribution in [2.75, 3.05) is 13.1 Å². The minimum atomic E-state index is -0.780. The highest BCUT2D eigenvalue weighted by atomic mass is 32.1. The Hall–Kier alpha value is -1.31. The Morgan fingerprint density at radius 3 is 3.25 bits per heavy atom. The van der Waals surface area contributed by atoms with E-state index in [1.807, 2.05) is 16.3 Å². The largest absolute Gasteiger partial charge is 0.480 e. The molecule has 16 heavy (non-hydrogen) atoms. The van der Waals surface area contributed by atoms with Gasteiger partial charge in [0.05, 0.1) is 6.54 Å². The third-order valence-corrected chi connectivity index (χ3v) is 3.76. The fourth-order valence-electron chi connectivity index (χ4n) is 2.01. The van der Waals surface area contributed by atoms with E-state index in [9.17, 15) is 9.90 Å². The molecular weight excluding hydrogens is 222 g/mol. The van der Waals surface area contributed by atoms with Crippen molar-refractivity contribution in [3.05, 3.63) is 21.9 Å². The Balaban J connectivity index is 2.29. The summed E-state index contributed by atoms with van der Waals surface area (Å²) in [4.78, 5) is 14.4. The van der Waals surface area contributed by atoms with E-state index >= 15 is 0 Å². The molecular formula is C12H13NO2S. The summed E-state index contributed by atoms with van der Waals surface area (Å²) in [5, 5.41) is 11.3. The number of rotatable bonds is 2. The van der Waals surface area contributed by atoms with Crippen molar-refractivity contribution >= 4 is 17.3 Å². The summed E-state index contributed by atoms with van der Waals surface area (Å²) in [6.07, 6.45) is 0.933. The van der Waals surface area contributed by atoms with Crippen LogP contribution in [0.15, 0.2) is 11.4 Å². The van der Waals surface area contributed by atoms with E-state index in [0.717, 1.165) is 18.5 Å². The van der Waals surface area contributed by atoms with Crippen LogP contribution in [0.25, 0.3) is 0 Å². The maximum atomic E-state index is 11.3. The van der Waals surface area contributed by atoms with Crippen LogP contribution in [0.5, 0.6) is 0 Å². The van der Waals surface area contributed by atoms with Gasteiger partial charge >= 0.3 is 5.97 Å². The number of thiophene rings is 1. The first-order valence-corrected chi connectivity index (χ1v) is 6.04. The number of nitrogens with zero attached hydrogens (tertiary/aromatic N) is 1. The second-order valence-corrected chi connectivity index (χ2v) is 4.69. The van der Waals surface area contributed by atoms with Crippen LogP contribution >= 0.6 is 11.3 Å². The van der Waals surface area contributed by atoms with E-state index in [1.54, 1.807) is 18.3 Å². The quantitative estimate of drug-likeness (QED) is 0.794. The minimum absolute atomic E-state index is 0.518. The number of aliphatic carboxylic acids is 1. The summed E-state index contributed by atoms with van der Waals surface area (Å²) < 4.78 is 0. The first kappa shape index (κ1) is 11.2. The van der Waals surface area contributed by atoms with Crippen LogP contribution in [0.4, 0.5) is 0 Å². The summed E-state index contributed by atoms with van der Waals surface area (Å²) in [6, 6.07) is 1.40. The molecule has 0 bridgehead atoms. The van der Waals surface area contributed by atoms with Gasteiger partial charge in [-0.05, 0) is 30.4 Å². The van der Waals surface area contributed by atoms with E-state index < -0.39 is 12.0 Å². The average Bonchev–Trinajstić information content (AvgIpc) is 2.72. The molecule has 0 aliphatic carbocycles. The van der Waals surface area contributed by atoms with Crippen molar-refractivity contribution in [3.8, 4) is 11.8 Å². The number of carboxylic acid groups (broad SMARTS) is 1. The second kappa shape index (κ2) is 4.69. The molecule has 4 heteroatoms. The Morgan fingerprint density at radius 1 is 1.75 bits per heavy atom. The molecule has 1 aromatic heterocycles. The van der Waals surface area contributed by atoms with Crippen LogP contribution in [0.2, 0.25) is 0 Å². The van der Waals surface area contributed by atoms with Gasteiger partial charge in [0.1, 0.15) is 6.04 Å². The molecule has 1 unspecified atom stereocenters. The first-order chi connectivity index (χ1) is 7.74. The molecule has 0 fully saturated rings. The Morgan fingerprint density at radius 2 is 2.56 bits per heavy atom. The Labute approximate surface area is 98.7 Å². The zero-order valence-electron chi connectivity index (χ0n) is 9.06. The van der Waals surface area contributed by atoms with Crippen LogP contribution in [-0.2, 0) is 11.2 Å². The maximum absolute atomic E-state index is 11.3. The molecule has 84 valence electrons. The standard InChI is InChI=1S/C12H13NO2S/c1-2-3-6-13-7-4-10-9(5-8-16-10)11(13)12(14)15/h5,8,11H,4,6-7H2,1H3,(H,14,15). The molecule has 1 N–H and O–H groups in total. The van der Waals surface area contributed by atoms with Crippen LogP contribution in [0.1, 0.15) is 23.4 Å². The second-order valence-electron chi connectivity index (χ2n) is 3.69. The number of hydrogen-bond donors (Lipinski definition) is 1. The fourth-order valence-corrected chi connectivity index (χ4v) is 2.91. The van der Waals surface area contributed by atoms with Crippen LogP contribution in [0.3, 0.4) is 0 Å². The van der Waals surface area contributed by atoms with E-state index in [4.69, 9.17) is 0 Å². The average molecular weight is 235 g/mol. The van der Waals surface area contributed by atoms with E-state index in [2.05, 4.69) is 11.8 Å². The van der Waals surface area contributed by atoms with Gasteiger partial charge in [0.2, 0.25) is 0 Å². The highest BCUT2D eigenvalue weighted by Crippen LogP contribution is 2.32. The van der Waals surface area contributed by atoms with Gasteiger partial charge in [0.25, 0.3) is 0 Å². The molecule has 3 nitrogen and oxygen atoms in total. The molecule has 0 aromatic carbocycles. The molecule has 2 heterocycles. The molecule has 1 aliphatic heterocycles. The smallest absolute Gasteiger partial charge is 0.325 e. The van der Waals surface area contributed by atoms with Gasteiger partial charge in [-0.25, -0.2) is 0 Å². The van der Waals surface area contributed by atoms with Crippen molar-refractivity contribution in [1.29, 1.82) is 0 Å². The summed E-state index contributed by atoms with van der Waals surface area (Å²) in [5.74, 6) is 4.97. The lowest BCUT2D eigenvalue weighted by molar-refractivity contribution is -0.143. The molecule has 0 amide bonds. The third-order valence-electron chi connectivity index (χ3n) is 2.76. The van der Waals surface area contributed by atoms with E-state index in [1.165, 1.54) is 4.88 Å². The summed E-state index contributed by atoms with van der Waals surface area (Å²) >= 11 is 1.65. The van der Waals surface area contributed by atoms with E-state index in [-0.39, 0.29) is 0 Å². The van der Waals surface area contributed by atoms with Crippen molar-refractivity contribution in [2.45, 2.75) is 19.4 Å². The fraction of sp³-hybridized carbons (Fsp3) is 0.417. The number of hydrogen-bond acceptors (Lipinski definition) is 3. The molecule has 0 spiro atoms. The Kier molecular flexibility index (Phi) is 3.28. The van der Waals surface area contributed by atoms with Gasteiger partial charge in [-0.3, -0.25) is 9.69 Å². The molecule has 1 atom stereocenters. The van der Waals surface area contributed by atoms with Crippen molar-refractivity contribution in [3.63, 3.8) is 0 Å². The van der Waals surface area contributed by atoms with Crippen molar-refractivity contribution in [2.24, 2.45) is 0 Å². The van der Waals surface area contributed by atoms with Gasteiger partial charge in [-0.2, -0.15) is 0 Å². The van der Waals surface area contributed by atoms with Crippen LogP contribution in [0, 0.1) is 11.8 Å². The van der Waals surface area contributed by atoms with Crippen LogP contribution in [-0.4, -0.2) is 29.1 Å². The van der Waals surface area contributed by atoms with Crippen molar-refractivity contribution in [1.82, 2.24) is 4.90 Å². The molecule has 0 radical (unpaired) electrons. The highest BCUT2D eigenvalue weighted by Gasteiger charge is 2.32. The van der Waals surface area contributed by atoms with Gasteiger partial charge in [0.15, 0.2) is 0 Å². The van der Waals surface area contributed by atoms with Crippen LogP contribution < -0.4 is 0 Å². The molecule has 0 saturated heterocycles. The van der Waals surface area contributed by atoms with Crippen molar-refractivity contribution < 1.29 is 9.90 Å². The summed E-state index contributed by atoms with van der Waals surface area (Å²) in [6.45, 7) is 3.08. The van der Waals surface area contributed by atoms with Gasteiger partial charge in [-0.15, -0.1) is 17.3 Å². The third kappa shape index (κ3) is 1.97. The normalized spacial score (nSPS) is 19.7. The number of fused-ring (bicyclic) bond motifs is 1. The lowest BCUT2D eigenvalue weighted by atomic mass is 10.0. The predicted octanol–water partition coefficient (Wildman–Crippen LogP) is 1.76. The Bertz CT molecular complexity index is 455. The molecule has 0 saturated carbocycles. The first-order valence-electron chi connectivity index (χ1n) is 5.16. The highest BCUT2D eigenvalue weighted by molar-refractivity contribution is 7.10. The van der Waals surface area contributed by atoms with Gasteiger partial charge in [-0.1, -0.05) is 5.92 Å². The van der Waals surface area contributed by atoms with Gasteiger partial charge < -0.3 is 5.11 Å². The summed E-state index contributed by atoms with van der Waals surface area (Å²) in [5.41, 5.74) is 0.946. The molecule has 1 aromatic rings. The zero-order valence-corrected chi connectivity index (χ0v) is 9.88. The zero-order chi connectivity index (χ0) is 11.5. The maximum Gasteiger partial charge on any atom is 0.325 e. The van der Waals surface area contributed by atoms with Gasteiger partial charge in [0, 0.05) is 11.4 Å². The lowest BCUT2D eigenvalue weighted by Crippen LogP contribution is -2.39. The minimum Gasteiger partial charge on any atom is -0.480 e. The molecule has 1 aliphatic rings. The number of carboxylic acids is 1. The topological polar surface area (TPSA) is 40.5 Å². The molecule has 2 rings (SSSR count). The SMILES string of the molecule is CC#CCN1CCc2sccc2C1C(=O)O. The summed E-state index contributed by atoms with van der Waals surface area (Å²) in [7, 11) is 0. The number of carbonyl (C=O) groups is 1.